The number of hydrogen-bond donors (Lipinski definition) is 1. The van der Waals surface area contributed by atoms with E-state index in [0.29, 0.717) is 0 Å². The molecule has 0 saturated carbocycles. The normalized spacial score (nSPS) is 10.6. The van der Waals surface area contributed by atoms with Crippen LogP contribution < -0.4 is 5.32 Å². The Morgan fingerprint density at radius 1 is 1.05 bits per heavy atom. The van der Waals surface area contributed by atoms with Gasteiger partial charge in [0.05, 0.1) is 5.69 Å². The Hall–Kier alpha value is -1.62. The van der Waals surface area contributed by atoms with E-state index in [4.69, 9.17) is 0 Å². The lowest BCUT2D eigenvalue weighted by Gasteiger charge is -2.07. The molecule has 1 N–H and O–H groups in total. The van der Waals surface area contributed by atoms with E-state index in [9.17, 15) is 0 Å². The van der Waals surface area contributed by atoms with Gasteiger partial charge in [0.2, 0.25) is 0 Å². The predicted octanol–water partition coefficient (Wildman–Crippen LogP) is 3.52. The maximum absolute atomic E-state index is 4.55. The molecule has 0 atom stereocenters. The second kappa shape index (κ2) is 6.70. The molecule has 2 aromatic rings. The van der Waals surface area contributed by atoms with Crippen molar-refractivity contribution < 1.29 is 0 Å². The van der Waals surface area contributed by atoms with Crippen molar-refractivity contribution in [2.24, 2.45) is 0 Å². The van der Waals surface area contributed by atoms with E-state index >= 15 is 0 Å². The van der Waals surface area contributed by atoms with Gasteiger partial charge in [0, 0.05) is 23.7 Å². The summed E-state index contributed by atoms with van der Waals surface area (Å²) in [4.78, 5) is 13.6. The number of hydrogen-bond acceptors (Lipinski definition) is 5. The monoisotopic (exact) mass is 288 g/mol. The number of thioether (sulfide) groups is 1. The Bertz CT molecular complexity index is 575. The molecule has 0 spiro atoms. The molecule has 20 heavy (non-hydrogen) atoms. The van der Waals surface area contributed by atoms with Crippen molar-refractivity contribution in [1.82, 2.24) is 15.0 Å². The molecule has 0 aromatic carbocycles. The molecule has 0 aliphatic heterocycles. The molecule has 5 heteroatoms. The van der Waals surface area contributed by atoms with E-state index in [1.54, 1.807) is 11.8 Å². The van der Waals surface area contributed by atoms with Crippen LogP contribution in [-0.2, 0) is 5.75 Å². The van der Waals surface area contributed by atoms with E-state index in [1.807, 2.05) is 32.0 Å². The van der Waals surface area contributed by atoms with Gasteiger partial charge in [0.15, 0.2) is 5.16 Å². The molecule has 2 heterocycles. The van der Waals surface area contributed by atoms with Gasteiger partial charge in [0.25, 0.3) is 0 Å². The summed E-state index contributed by atoms with van der Waals surface area (Å²) in [6.07, 6.45) is 0. The van der Waals surface area contributed by atoms with E-state index in [2.05, 4.69) is 34.1 Å². The molecule has 0 fully saturated rings. The Kier molecular flexibility index (Phi) is 4.95. The summed E-state index contributed by atoms with van der Waals surface area (Å²) in [5.41, 5.74) is 4.30. The van der Waals surface area contributed by atoms with Crippen LogP contribution in [0.5, 0.6) is 0 Å². The van der Waals surface area contributed by atoms with E-state index in [-0.39, 0.29) is 0 Å². The highest BCUT2D eigenvalue weighted by Gasteiger charge is 2.06. The lowest BCUT2D eigenvalue weighted by atomic mass is 10.2. The van der Waals surface area contributed by atoms with Crippen LogP contribution in [0.2, 0.25) is 0 Å². The summed E-state index contributed by atoms with van der Waals surface area (Å²) in [6, 6.07) is 6.03. The molecule has 0 aliphatic carbocycles. The number of nitrogens with one attached hydrogen (secondary N) is 1. The van der Waals surface area contributed by atoms with E-state index in [1.165, 1.54) is 5.56 Å². The lowest BCUT2D eigenvalue weighted by molar-refractivity contribution is 0.880. The molecule has 4 nitrogen and oxygen atoms in total. The molecule has 0 saturated heterocycles. The van der Waals surface area contributed by atoms with Crippen molar-refractivity contribution in [3.63, 3.8) is 0 Å². The number of aromatic nitrogens is 3. The molecule has 0 aliphatic rings. The van der Waals surface area contributed by atoms with Crippen molar-refractivity contribution in [3.05, 3.63) is 40.8 Å². The Morgan fingerprint density at radius 2 is 1.75 bits per heavy atom. The van der Waals surface area contributed by atoms with Crippen LogP contribution in [0.1, 0.15) is 29.6 Å². The molecule has 0 radical (unpaired) electrons. The standard InChI is InChI=1S/C15H20N4S/c1-5-16-14-8-6-7-13(19-14)9-20-15-17-11(3)10(2)12(4)18-15/h6-8H,5,9H2,1-4H3,(H,16,19). The van der Waals surface area contributed by atoms with Gasteiger partial charge in [-0.25, -0.2) is 15.0 Å². The molecule has 2 aromatic heterocycles. The lowest BCUT2D eigenvalue weighted by Crippen LogP contribution is -2.01. The number of nitrogens with zero attached hydrogens (tertiary/aromatic N) is 3. The highest BCUT2D eigenvalue weighted by Crippen LogP contribution is 2.21. The molecule has 0 bridgehead atoms. The Balaban J connectivity index is 2.07. The van der Waals surface area contributed by atoms with Gasteiger partial charge in [-0.05, 0) is 45.4 Å². The van der Waals surface area contributed by atoms with Crippen molar-refractivity contribution >= 4 is 17.6 Å². The third-order valence-electron chi connectivity index (χ3n) is 3.13. The molecular formula is C15H20N4S. The molecule has 106 valence electrons. The SMILES string of the molecule is CCNc1cccc(CSc2nc(C)c(C)c(C)n2)n1. The Labute approximate surface area is 124 Å². The minimum atomic E-state index is 0.779. The smallest absolute Gasteiger partial charge is 0.188 e. The topological polar surface area (TPSA) is 50.7 Å². The van der Waals surface area contributed by atoms with Crippen LogP contribution in [0, 0.1) is 20.8 Å². The van der Waals surface area contributed by atoms with Gasteiger partial charge < -0.3 is 5.32 Å². The summed E-state index contributed by atoms with van der Waals surface area (Å²) in [7, 11) is 0. The second-order valence-electron chi connectivity index (χ2n) is 4.64. The second-order valence-corrected chi connectivity index (χ2v) is 5.58. The highest BCUT2D eigenvalue weighted by atomic mass is 32.2. The zero-order chi connectivity index (χ0) is 14.5. The maximum atomic E-state index is 4.55. The first-order chi connectivity index (χ1) is 9.60. The first kappa shape index (κ1) is 14.8. The first-order valence-corrected chi connectivity index (χ1v) is 7.73. The number of pyridine rings is 1. The van der Waals surface area contributed by atoms with Crippen LogP contribution in [0.25, 0.3) is 0 Å². The van der Waals surface area contributed by atoms with Crippen molar-refractivity contribution in [1.29, 1.82) is 0 Å². The summed E-state index contributed by atoms with van der Waals surface area (Å²) in [5, 5.41) is 4.04. The maximum Gasteiger partial charge on any atom is 0.188 e. The van der Waals surface area contributed by atoms with Crippen LogP contribution in [0.4, 0.5) is 5.82 Å². The van der Waals surface area contributed by atoms with Crippen molar-refractivity contribution in [2.45, 2.75) is 38.6 Å². The average Bonchev–Trinajstić information content (AvgIpc) is 2.43. The third-order valence-corrected chi connectivity index (χ3v) is 4.01. The fraction of sp³-hybridized carbons (Fsp3) is 0.400. The molecule has 2 rings (SSSR count). The van der Waals surface area contributed by atoms with Crippen LogP contribution in [0.3, 0.4) is 0 Å². The minimum absolute atomic E-state index is 0.779. The molecule has 0 amide bonds. The summed E-state index contributed by atoms with van der Waals surface area (Å²) < 4.78 is 0. The summed E-state index contributed by atoms with van der Waals surface area (Å²) >= 11 is 1.62. The van der Waals surface area contributed by atoms with E-state index < -0.39 is 0 Å². The first-order valence-electron chi connectivity index (χ1n) is 6.74. The third kappa shape index (κ3) is 3.70. The van der Waals surface area contributed by atoms with Crippen molar-refractivity contribution in [3.8, 4) is 0 Å². The predicted molar refractivity (Wildman–Crippen MR) is 84.2 cm³/mol. The zero-order valence-corrected chi connectivity index (χ0v) is 13.2. The minimum Gasteiger partial charge on any atom is -0.370 e. The number of anilines is 1. The fourth-order valence-electron chi connectivity index (χ4n) is 1.78. The van der Waals surface area contributed by atoms with Gasteiger partial charge >= 0.3 is 0 Å². The number of rotatable bonds is 5. The molecular weight excluding hydrogens is 268 g/mol. The fourth-order valence-corrected chi connectivity index (χ4v) is 2.62. The quantitative estimate of drug-likeness (QED) is 0.674. The van der Waals surface area contributed by atoms with Gasteiger partial charge in [-0.1, -0.05) is 17.8 Å². The molecule has 0 unspecified atom stereocenters. The summed E-state index contributed by atoms with van der Waals surface area (Å²) in [6.45, 7) is 9.05. The van der Waals surface area contributed by atoms with Gasteiger partial charge in [-0.15, -0.1) is 0 Å². The van der Waals surface area contributed by atoms with Gasteiger partial charge in [-0.3, -0.25) is 0 Å². The van der Waals surface area contributed by atoms with E-state index in [0.717, 1.165) is 40.4 Å². The number of aryl methyl sites for hydroxylation is 2. The van der Waals surface area contributed by atoms with Crippen LogP contribution in [-0.4, -0.2) is 21.5 Å². The van der Waals surface area contributed by atoms with Gasteiger partial charge in [-0.2, -0.15) is 0 Å². The largest absolute Gasteiger partial charge is 0.370 e. The summed E-state index contributed by atoms with van der Waals surface area (Å²) in [5.74, 6) is 1.70. The Morgan fingerprint density at radius 3 is 2.40 bits per heavy atom. The van der Waals surface area contributed by atoms with Crippen LogP contribution in [0.15, 0.2) is 23.4 Å². The zero-order valence-electron chi connectivity index (χ0n) is 12.4. The average molecular weight is 288 g/mol. The van der Waals surface area contributed by atoms with Crippen molar-refractivity contribution in [2.75, 3.05) is 11.9 Å². The highest BCUT2D eigenvalue weighted by molar-refractivity contribution is 7.98. The van der Waals surface area contributed by atoms with Gasteiger partial charge in [0.1, 0.15) is 5.82 Å². The van der Waals surface area contributed by atoms with Crippen LogP contribution >= 0.6 is 11.8 Å².